The molecule has 0 aromatic carbocycles. The molecule has 2 aliphatic rings. The Hall–Kier alpha value is -1.46. The maximum atomic E-state index is 13.0. The molecule has 4 atom stereocenters. The van der Waals surface area contributed by atoms with Gasteiger partial charge in [0.25, 0.3) is 0 Å². The Balaban J connectivity index is 2.04. The number of rotatable bonds is 9. The minimum absolute atomic E-state index is 0.0820. The number of carboxylic acids is 1. The molecule has 0 aliphatic carbocycles. The van der Waals surface area contributed by atoms with Crippen molar-refractivity contribution in [1.82, 2.24) is 15.1 Å². The molecule has 9 nitrogen and oxygen atoms in total. The molecule has 0 aromatic heterocycles. The molecule has 4 unspecified atom stereocenters. The van der Waals surface area contributed by atoms with Gasteiger partial charge in [-0.2, -0.15) is 24.4 Å². The second kappa shape index (κ2) is 11.1. The topological polar surface area (TPSA) is 133 Å². The van der Waals surface area contributed by atoms with Crippen LogP contribution in [0.4, 0.5) is 0 Å². The van der Waals surface area contributed by atoms with Gasteiger partial charge in [0.1, 0.15) is 18.1 Å². The number of thioether (sulfide) groups is 1. The number of carbonyl (C=O) groups is 4. The molecule has 0 aromatic rings. The molecular formula is C18H30N4O5S2. The summed E-state index contributed by atoms with van der Waals surface area (Å²) in [6, 6.07) is -3.13. The van der Waals surface area contributed by atoms with Crippen molar-refractivity contribution in [3.63, 3.8) is 0 Å². The van der Waals surface area contributed by atoms with Gasteiger partial charge in [-0.25, -0.2) is 4.79 Å². The van der Waals surface area contributed by atoms with Gasteiger partial charge in [0, 0.05) is 18.8 Å². The van der Waals surface area contributed by atoms with E-state index >= 15 is 0 Å². The first kappa shape index (κ1) is 23.8. The molecule has 2 aliphatic heterocycles. The summed E-state index contributed by atoms with van der Waals surface area (Å²) in [4.78, 5) is 52.5. The van der Waals surface area contributed by atoms with E-state index in [1.165, 1.54) is 9.80 Å². The van der Waals surface area contributed by atoms with Crippen LogP contribution in [-0.2, 0) is 19.2 Å². The van der Waals surface area contributed by atoms with Gasteiger partial charge < -0.3 is 26.0 Å². The minimum Gasteiger partial charge on any atom is -0.480 e. The van der Waals surface area contributed by atoms with Crippen LogP contribution in [0.3, 0.4) is 0 Å². The summed E-state index contributed by atoms with van der Waals surface area (Å²) >= 11 is 5.77. The van der Waals surface area contributed by atoms with Crippen LogP contribution in [0.2, 0.25) is 0 Å². The third-order valence-corrected chi connectivity index (χ3v) is 6.42. The quantitative estimate of drug-likeness (QED) is 0.353. The summed E-state index contributed by atoms with van der Waals surface area (Å²) in [5, 5.41) is 12.0. The number of nitrogens with one attached hydrogen (secondary N) is 1. The number of hydrogen-bond donors (Lipinski definition) is 4. The van der Waals surface area contributed by atoms with Crippen LogP contribution in [0.15, 0.2) is 0 Å². The second-order valence-electron chi connectivity index (χ2n) is 7.35. The molecule has 2 heterocycles. The molecule has 29 heavy (non-hydrogen) atoms. The normalized spacial score (nSPS) is 23.7. The molecule has 0 radical (unpaired) electrons. The number of nitrogens with two attached hydrogens (primary N) is 1. The van der Waals surface area contributed by atoms with E-state index < -0.39 is 36.0 Å². The molecule has 2 saturated heterocycles. The van der Waals surface area contributed by atoms with Crippen molar-refractivity contribution < 1.29 is 24.3 Å². The van der Waals surface area contributed by atoms with E-state index in [4.69, 9.17) is 5.73 Å². The zero-order valence-corrected chi connectivity index (χ0v) is 18.3. The molecule has 2 fully saturated rings. The monoisotopic (exact) mass is 446 g/mol. The van der Waals surface area contributed by atoms with Gasteiger partial charge in [-0.3, -0.25) is 14.4 Å². The summed E-state index contributed by atoms with van der Waals surface area (Å²) in [5.41, 5.74) is 5.87. The standard InChI is InChI=1S/C18H30N4O5S2/c1-29-9-6-11(19)15(23)20-12(10-28)16(24)21-7-2-4-13(21)17(25)22-8-3-5-14(22)18(26)27/h11-14,28H,2-10,19H2,1H3,(H,20,23)(H,26,27). The van der Waals surface area contributed by atoms with Gasteiger partial charge in [0.15, 0.2) is 0 Å². The largest absolute Gasteiger partial charge is 0.480 e. The number of nitrogens with zero attached hydrogens (tertiary/aromatic N) is 2. The van der Waals surface area contributed by atoms with Crippen LogP contribution in [0.5, 0.6) is 0 Å². The lowest BCUT2D eigenvalue weighted by Gasteiger charge is -2.32. The van der Waals surface area contributed by atoms with Crippen molar-refractivity contribution in [2.24, 2.45) is 5.73 Å². The molecule has 3 amide bonds. The Morgan fingerprint density at radius 3 is 2.38 bits per heavy atom. The Kier molecular flexibility index (Phi) is 9.09. The highest BCUT2D eigenvalue weighted by molar-refractivity contribution is 7.98. The van der Waals surface area contributed by atoms with E-state index in [9.17, 15) is 24.3 Å². The number of carbonyl (C=O) groups excluding carboxylic acids is 3. The van der Waals surface area contributed by atoms with Crippen LogP contribution in [0.1, 0.15) is 32.1 Å². The molecule has 0 spiro atoms. The summed E-state index contributed by atoms with van der Waals surface area (Å²) < 4.78 is 0. The van der Waals surface area contributed by atoms with E-state index in [1.54, 1.807) is 11.8 Å². The Bertz CT molecular complexity index is 635. The fourth-order valence-electron chi connectivity index (χ4n) is 3.81. The van der Waals surface area contributed by atoms with Gasteiger partial charge in [-0.1, -0.05) is 0 Å². The molecule has 2 rings (SSSR count). The summed E-state index contributed by atoms with van der Waals surface area (Å²) in [6.45, 7) is 0.769. The first-order valence-electron chi connectivity index (χ1n) is 9.81. The smallest absolute Gasteiger partial charge is 0.326 e. The van der Waals surface area contributed by atoms with Crippen molar-refractivity contribution in [2.75, 3.05) is 30.9 Å². The highest BCUT2D eigenvalue weighted by atomic mass is 32.2. The maximum Gasteiger partial charge on any atom is 0.326 e. The Morgan fingerprint density at radius 1 is 1.17 bits per heavy atom. The number of amides is 3. The van der Waals surface area contributed by atoms with Crippen molar-refractivity contribution in [2.45, 2.75) is 56.3 Å². The van der Waals surface area contributed by atoms with Crippen LogP contribution in [0, 0.1) is 0 Å². The first-order chi connectivity index (χ1) is 13.8. The third kappa shape index (κ3) is 5.79. The third-order valence-electron chi connectivity index (χ3n) is 5.41. The van der Waals surface area contributed by atoms with Crippen molar-refractivity contribution in [1.29, 1.82) is 0 Å². The zero-order valence-electron chi connectivity index (χ0n) is 16.6. The van der Waals surface area contributed by atoms with Crippen molar-refractivity contribution >= 4 is 48.1 Å². The van der Waals surface area contributed by atoms with Crippen LogP contribution >= 0.6 is 24.4 Å². The number of aliphatic carboxylic acids is 1. The minimum atomic E-state index is -1.02. The van der Waals surface area contributed by atoms with E-state index in [-0.39, 0.29) is 17.6 Å². The summed E-state index contributed by atoms with van der Waals surface area (Å²) in [6.07, 6.45) is 4.60. The average Bonchev–Trinajstić information content (AvgIpc) is 3.38. The van der Waals surface area contributed by atoms with Crippen molar-refractivity contribution in [3.8, 4) is 0 Å². The van der Waals surface area contributed by atoms with Crippen LogP contribution < -0.4 is 11.1 Å². The van der Waals surface area contributed by atoms with E-state index in [1.807, 2.05) is 6.26 Å². The summed E-state index contributed by atoms with van der Waals surface area (Å²) in [5.74, 6) is -1.34. The predicted molar refractivity (Wildman–Crippen MR) is 114 cm³/mol. The Labute approximate surface area is 180 Å². The number of likely N-dealkylation sites (tertiary alicyclic amines) is 2. The Morgan fingerprint density at radius 2 is 1.79 bits per heavy atom. The molecule has 0 bridgehead atoms. The zero-order chi connectivity index (χ0) is 21.6. The average molecular weight is 447 g/mol. The fraction of sp³-hybridized carbons (Fsp3) is 0.778. The van der Waals surface area contributed by atoms with Crippen molar-refractivity contribution in [3.05, 3.63) is 0 Å². The lowest BCUT2D eigenvalue weighted by Crippen LogP contribution is -2.57. The van der Waals surface area contributed by atoms with Crippen LogP contribution in [0.25, 0.3) is 0 Å². The fourth-order valence-corrected chi connectivity index (χ4v) is 4.54. The predicted octanol–water partition coefficient (Wildman–Crippen LogP) is -0.452. The molecular weight excluding hydrogens is 416 g/mol. The molecule has 11 heteroatoms. The van der Waals surface area contributed by atoms with Gasteiger partial charge in [0.2, 0.25) is 17.7 Å². The lowest BCUT2D eigenvalue weighted by atomic mass is 10.1. The molecule has 4 N–H and O–H groups in total. The second-order valence-corrected chi connectivity index (χ2v) is 8.70. The number of thiol groups is 1. The van der Waals surface area contributed by atoms with Gasteiger partial charge >= 0.3 is 5.97 Å². The van der Waals surface area contributed by atoms with Gasteiger partial charge in [-0.05, 0) is 44.1 Å². The van der Waals surface area contributed by atoms with Gasteiger partial charge in [0.05, 0.1) is 6.04 Å². The number of carboxylic acid groups (broad SMARTS) is 1. The van der Waals surface area contributed by atoms with Gasteiger partial charge in [-0.15, -0.1) is 0 Å². The molecule has 164 valence electrons. The first-order valence-corrected chi connectivity index (χ1v) is 11.8. The molecule has 0 saturated carbocycles. The highest BCUT2D eigenvalue weighted by Gasteiger charge is 2.43. The van der Waals surface area contributed by atoms with E-state index in [2.05, 4.69) is 17.9 Å². The van der Waals surface area contributed by atoms with Crippen LogP contribution in [-0.4, -0.2) is 93.6 Å². The maximum absolute atomic E-state index is 13.0. The van der Waals surface area contributed by atoms with E-state index in [0.29, 0.717) is 45.2 Å². The lowest BCUT2D eigenvalue weighted by molar-refractivity contribution is -0.152. The number of hydrogen-bond acceptors (Lipinski definition) is 7. The highest BCUT2D eigenvalue weighted by Crippen LogP contribution is 2.25. The van der Waals surface area contributed by atoms with E-state index in [0.717, 1.165) is 5.75 Å². The SMILES string of the molecule is CSCCC(N)C(=O)NC(CS)C(=O)N1CCCC1C(=O)N1CCCC1C(=O)O. The summed E-state index contributed by atoms with van der Waals surface area (Å²) in [7, 11) is 0.